The molecule has 1 aliphatic rings. The fraction of sp³-hybridized carbons (Fsp3) is 0.429. The molecule has 1 heterocycles. The minimum absolute atomic E-state index is 0.0179. The molecule has 0 radical (unpaired) electrons. The number of sulfonamides is 1. The number of hydrogen-bond donors (Lipinski definition) is 1. The van der Waals surface area contributed by atoms with Gasteiger partial charge in [-0.1, -0.05) is 69.7 Å². The van der Waals surface area contributed by atoms with E-state index in [1.807, 2.05) is 43.3 Å². The number of fused-ring (bicyclic) bond motifs is 1. The first-order valence-electron chi connectivity index (χ1n) is 15.5. The van der Waals surface area contributed by atoms with Crippen LogP contribution in [0.25, 0.3) is 11.1 Å². The van der Waals surface area contributed by atoms with Gasteiger partial charge in [-0.2, -0.15) is 4.31 Å². The van der Waals surface area contributed by atoms with Crippen LogP contribution in [0.2, 0.25) is 0 Å². The van der Waals surface area contributed by atoms with E-state index < -0.39 is 21.9 Å². The summed E-state index contributed by atoms with van der Waals surface area (Å²) in [5.74, 6) is -1.17. The van der Waals surface area contributed by atoms with Crippen LogP contribution >= 0.6 is 0 Å². The van der Waals surface area contributed by atoms with E-state index in [9.17, 15) is 23.1 Å². The largest absolute Gasteiger partial charge is 0.493 e. The molecule has 0 aromatic heterocycles. The quantitative estimate of drug-likeness (QED) is 0.318. The van der Waals surface area contributed by atoms with E-state index in [1.54, 1.807) is 24.3 Å². The lowest BCUT2D eigenvalue weighted by atomic mass is 10.00. The Kier molecular flexibility index (Phi) is 11.3. The van der Waals surface area contributed by atoms with Crippen molar-refractivity contribution in [2.45, 2.75) is 52.5 Å². The Morgan fingerprint density at radius 3 is 2.24 bits per heavy atom. The van der Waals surface area contributed by atoms with Gasteiger partial charge in [-0.05, 0) is 72.2 Å². The number of amides is 1. The van der Waals surface area contributed by atoms with E-state index in [-0.39, 0.29) is 31.1 Å². The number of aryl methyl sites for hydroxylation is 1. The number of hydrogen-bond acceptors (Lipinski definition) is 6. The van der Waals surface area contributed by atoms with Crippen LogP contribution in [0.4, 0.5) is 5.69 Å². The number of benzene rings is 3. The molecule has 4 rings (SSSR count). The van der Waals surface area contributed by atoms with Crippen molar-refractivity contribution in [1.82, 2.24) is 9.21 Å². The van der Waals surface area contributed by atoms with Crippen LogP contribution < -0.4 is 9.64 Å². The standard InChI is InChI=1S/C35H45N3O6S/c1-25(2)22-36-16-7-17-38(45(42,43)32-14-10-27(5)11-15-32)19-18-37(34(39)35(40)41)23-30-13-12-29(21-33(30)36)28-8-6-9-31(20-28)44-24-26(3)4/h6,8-15,20-21,25-26H,7,16-19,22-24H2,1-5H3,(H,40,41). The number of rotatable bonds is 8. The second-order valence-electron chi connectivity index (χ2n) is 12.5. The summed E-state index contributed by atoms with van der Waals surface area (Å²) in [7, 11) is -3.88. The Hall–Kier alpha value is -3.89. The van der Waals surface area contributed by atoms with Gasteiger partial charge in [0.25, 0.3) is 0 Å². The number of carbonyl (C=O) groups excluding carboxylic acids is 1. The molecule has 1 N–H and O–H groups in total. The molecular weight excluding hydrogens is 590 g/mol. The molecule has 1 aliphatic heterocycles. The normalized spacial score (nSPS) is 15.1. The van der Waals surface area contributed by atoms with Gasteiger partial charge >= 0.3 is 11.9 Å². The van der Waals surface area contributed by atoms with Gasteiger partial charge in [0.05, 0.1) is 11.5 Å². The van der Waals surface area contributed by atoms with Crippen LogP contribution in [-0.4, -0.2) is 73.9 Å². The SMILES string of the molecule is Cc1ccc(S(=O)(=O)N2CCCN(CC(C)C)c3cc(-c4cccc(OCC(C)C)c4)ccc3CN(C(=O)C(=O)O)CC2)cc1. The summed E-state index contributed by atoms with van der Waals surface area (Å²) in [6.45, 7) is 12.4. The summed E-state index contributed by atoms with van der Waals surface area (Å²) in [6, 6.07) is 20.6. The van der Waals surface area contributed by atoms with E-state index in [0.717, 1.165) is 33.7 Å². The maximum atomic E-state index is 13.7. The molecule has 9 nitrogen and oxygen atoms in total. The number of anilines is 1. The number of carboxylic acids is 1. The minimum Gasteiger partial charge on any atom is -0.493 e. The minimum atomic E-state index is -3.88. The van der Waals surface area contributed by atoms with Gasteiger partial charge in [0.1, 0.15) is 5.75 Å². The molecule has 0 fully saturated rings. The highest BCUT2D eigenvalue weighted by atomic mass is 32.2. The summed E-state index contributed by atoms with van der Waals surface area (Å²) in [6.07, 6.45) is 0.548. The Morgan fingerprint density at radius 2 is 1.58 bits per heavy atom. The van der Waals surface area contributed by atoms with Gasteiger partial charge in [-0.3, -0.25) is 4.79 Å². The van der Waals surface area contributed by atoms with E-state index in [2.05, 4.69) is 38.7 Å². The van der Waals surface area contributed by atoms with Gasteiger partial charge in [-0.25, -0.2) is 13.2 Å². The molecule has 242 valence electrons. The molecule has 45 heavy (non-hydrogen) atoms. The molecule has 0 unspecified atom stereocenters. The van der Waals surface area contributed by atoms with E-state index >= 15 is 0 Å². The lowest BCUT2D eigenvalue weighted by Gasteiger charge is -2.30. The third kappa shape index (κ3) is 8.85. The van der Waals surface area contributed by atoms with Crippen LogP contribution in [0.15, 0.2) is 71.6 Å². The number of ether oxygens (including phenoxy) is 1. The predicted molar refractivity (Wildman–Crippen MR) is 177 cm³/mol. The Labute approximate surface area is 267 Å². The van der Waals surface area contributed by atoms with Crippen molar-refractivity contribution >= 4 is 27.6 Å². The average molecular weight is 636 g/mol. The molecule has 10 heteroatoms. The third-order valence-corrected chi connectivity index (χ3v) is 9.62. The molecule has 0 atom stereocenters. The van der Waals surface area contributed by atoms with E-state index in [1.165, 1.54) is 9.21 Å². The zero-order valence-electron chi connectivity index (χ0n) is 26.9. The maximum absolute atomic E-state index is 13.7. The first-order valence-corrected chi connectivity index (χ1v) is 17.0. The van der Waals surface area contributed by atoms with Gasteiger partial charge in [0.15, 0.2) is 0 Å². The highest BCUT2D eigenvalue weighted by Crippen LogP contribution is 2.32. The molecule has 3 aromatic carbocycles. The van der Waals surface area contributed by atoms with Crippen LogP contribution in [0.1, 0.15) is 45.2 Å². The Bertz CT molecular complexity index is 1590. The molecule has 0 saturated heterocycles. The summed E-state index contributed by atoms with van der Waals surface area (Å²) in [5, 5.41) is 9.68. The lowest BCUT2D eigenvalue weighted by Crippen LogP contribution is -2.43. The molecule has 1 amide bonds. The summed E-state index contributed by atoms with van der Waals surface area (Å²) in [4.78, 5) is 28.5. The first-order chi connectivity index (χ1) is 21.3. The number of carboxylic acid groups (broad SMARTS) is 1. The van der Waals surface area contributed by atoms with Crippen molar-refractivity contribution in [2.24, 2.45) is 11.8 Å². The molecule has 0 saturated carbocycles. The maximum Gasteiger partial charge on any atom is 0.394 e. The summed E-state index contributed by atoms with van der Waals surface area (Å²) < 4.78 is 34.8. The van der Waals surface area contributed by atoms with Crippen LogP contribution in [0.5, 0.6) is 5.75 Å². The number of aliphatic carboxylic acids is 1. The van der Waals surface area contributed by atoms with Crippen molar-refractivity contribution in [3.8, 4) is 16.9 Å². The van der Waals surface area contributed by atoms with Crippen molar-refractivity contribution in [1.29, 1.82) is 0 Å². The second kappa shape index (κ2) is 14.9. The van der Waals surface area contributed by atoms with Crippen molar-refractivity contribution in [3.05, 3.63) is 77.9 Å². The van der Waals surface area contributed by atoms with Crippen molar-refractivity contribution in [2.75, 3.05) is 44.2 Å². The monoisotopic (exact) mass is 635 g/mol. The van der Waals surface area contributed by atoms with Gasteiger partial charge < -0.3 is 19.6 Å². The fourth-order valence-corrected chi connectivity index (χ4v) is 6.90. The van der Waals surface area contributed by atoms with Crippen LogP contribution in [-0.2, 0) is 26.2 Å². The topological polar surface area (TPSA) is 107 Å². The predicted octanol–water partition coefficient (Wildman–Crippen LogP) is 5.67. The highest BCUT2D eigenvalue weighted by Gasteiger charge is 2.29. The molecule has 3 aromatic rings. The van der Waals surface area contributed by atoms with Crippen molar-refractivity contribution < 1.29 is 27.9 Å². The van der Waals surface area contributed by atoms with Crippen LogP contribution in [0, 0.1) is 18.8 Å². The first kappa shape index (κ1) is 34.0. The molecular formula is C35H45N3O6S. The third-order valence-electron chi connectivity index (χ3n) is 7.71. The van der Waals surface area contributed by atoms with Gasteiger partial charge in [0.2, 0.25) is 10.0 Å². The number of carbonyl (C=O) groups is 2. The smallest absolute Gasteiger partial charge is 0.394 e. The zero-order valence-corrected chi connectivity index (χ0v) is 27.7. The highest BCUT2D eigenvalue weighted by molar-refractivity contribution is 7.89. The second-order valence-corrected chi connectivity index (χ2v) is 14.5. The zero-order chi connectivity index (χ0) is 32.7. The van der Waals surface area contributed by atoms with Gasteiger partial charge in [0, 0.05) is 45.0 Å². The average Bonchev–Trinajstić information content (AvgIpc) is 3.03. The summed E-state index contributed by atoms with van der Waals surface area (Å²) in [5.41, 5.74) is 4.59. The Morgan fingerprint density at radius 1 is 0.867 bits per heavy atom. The van der Waals surface area contributed by atoms with E-state index in [0.29, 0.717) is 38.0 Å². The van der Waals surface area contributed by atoms with Crippen molar-refractivity contribution in [3.63, 3.8) is 0 Å². The van der Waals surface area contributed by atoms with Crippen LogP contribution in [0.3, 0.4) is 0 Å². The summed E-state index contributed by atoms with van der Waals surface area (Å²) >= 11 is 0. The molecule has 0 spiro atoms. The van der Waals surface area contributed by atoms with E-state index in [4.69, 9.17) is 4.74 Å². The lowest BCUT2D eigenvalue weighted by molar-refractivity contribution is -0.156. The molecule has 0 aliphatic carbocycles. The molecule has 0 bridgehead atoms. The van der Waals surface area contributed by atoms with Gasteiger partial charge in [-0.15, -0.1) is 0 Å². The fourth-order valence-electron chi connectivity index (χ4n) is 5.43. The number of nitrogens with zero attached hydrogens (tertiary/aromatic N) is 3. The Balaban J connectivity index is 1.75.